The molecular weight excluding hydrogens is 790 g/mol. The van der Waals surface area contributed by atoms with Crippen LogP contribution in [0.15, 0.2) is 67.0 Å². The topological polar surface area (TPSA) is 140 Å². The van der Waals surface area contributed by atoms with Crippen molar-refractivity contribution in [1.29, 1.82) is 0 Å². The Morgan fingerprint density at radius 2 is 1.51 bits per heavy atom. The molecule has 1 unspecified atom stereocenters. The molecule has 0 aliphatic carbocycles. The Morgan fingerprint density at radius 3 is 2.28 bits per heavy atom. The highest BCUT2D eigenvalue weighted by molar-refractivity contribution is 6.23. The highest BCUT2D eigenvalue weighted by Crippen LogP contribution is 2.38. The number of nitrogens with one attached hydrogen (secondary N) is 1. The Kier molecular flexibility index (Phi) is 10.0. The Morgan fingerprint density at radius 1 is 0.721 bits per heavy atom. The number of carbonyl (C=O) groups is 4. The average Bonchev–Trinajstić information content (AvgIpc) is 3.98. The van der Waals surface area contributed by atoms with Crippen molar-refractivity contribution in [3.8, 4) is 11.3 Å². The maximum absolute atomic E-state index is 15.4. The predicted molar refractivity (Wildman–Crippen MR) is 217 cm³/mol. The van der Waals surface area contributed by atoms with Crippen molar-refractivity contribution < 1.29 is 32.3 Å². The van der Waals surface area contributed by atoms with Crippen molar-refractivity contribution in [3.63, 3.8) is 0 Å². The summed E-state index contributed by atoms with van der Waals surface area (Å²) >= 11 is 0. The summed E-state index contributed by atoms with van der Waals surface area (Å²) in [5.41, 5.74) is 2.98. The number of benzene rings is 2. The van der Waals surface area contributed by atoms with Crippen LogP contribution in [0.1, 0.15) is 76.4 Å². The van der Waals surface area contributed by atoms with Gasteiger partial charge in [-0.1, -0.05) is 12.1 Å². The second-order valence-corrected chi connectivity index (χ2v) is 16.5. The highest BCUT2D eigenvalue weighted by atomic mass is 19.1. The molecule has 17 heteroatoms. The number of halogens is 3. The lowest BCUT2D eigenvalue weighted by molar-refractivity contribution is -0.136. The van der Waals surface area contributed by atoms with Gasteiger partial charge in [-0.25, -0.2) is 27.7 Å². The second kappa shape index (κ2) is 15.7. The minimum atomic E-state index is -1.10. The number of nitrogens with zero attached hydrogens (tertiary/aromatic N) is 9. The van der Waals surface area contributed by atoms with E-state index in [9.17, 15) is 28.0 Å². The lowest BCUT2D eigenvalue weighted by atomic mass is 10.00. The van der Waals surface area contributed by atoms with E-state index < -0.39 is 47.1 Å². The zero-order chi connectivity index (χ0) is 41.9. The molecule has 0 bridgehead atoms. The van der Waals surface area contributed by atoms with Crippen LogP contribution in [-0.2, 0) is 16.1 Å². The largest absolute Gasteiger partial charge is 0.354 e. The number of hydrogen-bond donors (Lipinski definition) is 1. The zero-order valence-electron chi connectivity index (χ0n) is 33.3. The number of fused-ring (bicyclic) bond motifs is 2. The molecule has 5 aromatic rings. The molecule has 1 N–H and O–H groups in total. The molecule has 14 nitrogen and oxygen atoms in total. The van der Waals surface area contributed by atoms with E-state index in [1.807, 2.05) is 30.5 Å². The van der Waals surface area contributed by atoms with E-state index in [-0.39, 0.29) is 30.0 Å². The molecule has 10 rings (SSSR count). The molecule has 3 aromatic heterocycles. The van der Waals surface area contributed by atoms with Gasteiger partial charge < -0.3 is 9.80 Å². The zero-order valence-corrected chi connectivity index (χ0v) is 33.3. The van der Waals surface area contributed by atoms with E-state index in [1.54, 1.807) is 10.7 Å². The summed E-state index contributed by atoms with van der Waals surface area (Å²) < 4.78 is 45.6. The molecule has 5 aliphatic heterocycles. The number of likely N-dealkylation sites (tertiary alicyclic amines) is 1. The van der Waals surface area contributed by atoms with Crippen molar-refractivity contribution in [2.45, 2.75) is 63.2 Å². The van der Waals surface area contributed by atoms with E-state index in [0.29, 0.717) is 41.7 Å². The predicted octanol–water partition coefficient (Wildman–Crippen LogP) is 4.74. The summed E-state index contributed by atoms with van der Waals surface area (Å²) in [4.78, 5) is 70.5. The van der Waals surface area contributed by atoms with Gasteiger partial charge in [-0.3, -0.25) is 39.2 Å². The summed E-state index contributed by atoms with van der Waals surface area (Å²) in [6.07, 6.45) is 7.07. The molecule has 0 spiro atoms. The minimum absolute atomic E-state index is 0.0140. The van der Waals surface area contributed by atoms with Crippen LogP contribution in [-0.4, -0.2) is 116 Å². The third-order valence-corrected chi connectivity index (χ3v) is 12.9. The Hall–Kier alpha value is -6.20. The Bertz CT molecular complexity index is 2590. The first-order valence-corrected chi connectivity index (χ1v) is 20.9. The van der Waals surface area contributed by atoms with Gasteiger partial charge in [-0.15, -0.1) is 0 Å². The van der Waals surface area contributed by atoms with Crippen molar-refractivity contribution in [1.82, 2.24) is 39.6 Å². The number of carbonyl (C=O) groups excluding carboxylic acids is 4. The molecule has 5 aliphatic rings. The van der Waals surface area contributed by atoms with Crippen LogP contribution in [0.25, 0.3) is 16.9 Å². The third kappa shape index (κ3) is 7.18. The van der Waals surface area contributed by atoms with Crippen molar-refractivity contribution in [2.24, 2.45) is 0 Å². The van der Waals surface area contributed by atoms with Crippen molar-refractivity contribution >= 4 is 40.9 Å². The maximum Gasteiger partial charge on any atom is 0.262 e. The molecule has 61 heavy (non-hydrogen) atoms. The van der Waals surface area contributed by atoms with Crippen LogP contribution in [0.2, 0.25) is 0 Å². The van der Waals surface area contributed by atoms with Gasteiger partial charge in [-0.05, 0) is 81.6 Å². The number of amides is 4. The number of pyridine rings is 1. The van der Waals surface area contributed by atoms with E-state index >= 15 is 4.39 Å². The number of rotatable bonds is 8. The van der Waals surface area contributed by atoms with E-state index in [2.05, 4.69) is 30.0 Å². The standard InChI is InChI=1S/C44H43F3N10O4/c45-27-6-7-29(34(47)22-27)36-4-2-13-55(36)39-12-16-56-41(50-39)32(24-48-56)35-3-1-5-38(49-35)54-19-17-53(18-20-54)28-10-14-52(15-11-28)25-26-21-30-31(23-33(26)46)44(61)57(43(30)60)37-8-9-40(58)51-42(37)59/h1,3,5-7,12,16,21-24,28,36-37H,2,4,8-11,13-15,17-20,25H2,(H,51,58,59)/t36-,37?/m1/s1. The first-order chi connectivity index (χ1) is 29.6. The average molecular weight is 833 g/mol. The molecule has 0 saturated carbocycles. The first kappa shape index (κ1) is 39.0. The number of piperazine rings is 1. The lowest BCUT2D eigenvalue weighted by Crippen LogP contribution is -2.54. The van der Waals surface area contributed by atoms with Gasteiger partial charge in [0.25, 0.3) is 11.8 Å². The monoisotopic (exact) mass is 832 g/mol. The fraction of sp³-hybridized carbons (Fsp3) is 0.386. The fourth-order valence-electron chi connectivity index (χ4n) is 9.74. The summed E-state index contributed by atoms with van der Waals surface area (Å²) in [5, 5.41) is 6.73. The second-order valence-electron chi connectivity index (χ2n) is 16.5. The van der Waals surface area contributed by atoms with Crippen LogP contribution in [0, 0.1) is 17.5 Å². The van der Waals surface area contributed by atoms with Crippen LogP contribution >= 0.6 is 0 Å². The molecule has 2 atom stereocenters. The summed E-state index contributed by atoms with van der Waals surface area (Å²) in [6.45, 7) is 5.81. The van der Waals surface area contributed by atoms with Crippen LogP contribution in [0.5, 0.6) is 0 Å². The van der Waals surface area contributed by atoms with Crippen LogP contribution in [0.4, 0.5) is 24.8 Å². The summed E-state index contributed by atoms with van der Waals surface area (Å²) in [6, 6.07) is 13.2. The van der Waals surface area contributed by atoms with Crippen LogP contribution in [0.3, 0.4) is 0 Å². The number of aromatic nitrogens is 4. The molecule has 0 radical (unpaired) electrons. The van der Waals surface area contributed by atoms with Gasteiger partial charge in [-0.2, -0.15) is 5.10 Å². The first-order valence-electron chi connectivity index (χ1n) is 20.9. The van der Waals surface area contributed by atoms with E-state index in [4.69, 9.17) is 9.97 Å². The SMILES string of the molecule is O=C1CCC(N2C(=O)c3cc(F)c(CN4CCC(N5CCN(c6cccc(-c7cnn8ccc(N9CCC[C@@H]9c9ccc(F)cc9F)nc78)n6)CC5)CC4)cc3C2=O)C(=O)N1. The lowest BCUT2D eigenvalue weighted by Gasteiger charge is -2.43. The van der Waals surface area contributed by atoms with Gasteiger partial charge in [0.05, 0.1) is 34.6 Å². The molecule has 8 heterocycles. The van der Waals surface area contributed by atoms with E-state index in [1.165, 1.54) is 18.2 Å². The smallest absolute Gasteiger partial charge is 0.262 e. The number of piperidine rings is 2. The highest BCUT2D eigenvalue weighted by Gasteiger charge is 2.45. The maximum atomic E-state index is 15.4. The van der Waals surface area contributed by atoms with Gasteiger partial charge in [0.1, 0.15) is 35.1 Å². The fourth-order valence-corrected chi connectivity index (χ4v) is 9.74. The molecule has 4 saturated heterocycles. The number of anilines is 2. The van der Waals surface area contributed by atoms with E-state index in [0.717, 1.165) is 99.1 Å². The molecule has 4 amide bonds. The minimum Gasteiger partial charge on any atom is -0.354 e. The van der Waals surface area contributed by atoms with Crippen molar-refractivity contribution in [2.75, 3.05) is 55.6 Å². The number of imide groups is 2. The quantitative estimate of drug-likeness (QED) is 0.217. The van der Waals surface area contributed by atoms with Crippen molar-refractivity contribution in [3.05, 3.63) is 107 Å². The number of hydrogen-bond acceptors (Lipinski definition) is 11. The Labute approximate surface area is 348 Å². The Balaban J connectivity index is 0.757. The van der Waals surface area contributed by atoms with Crippen LogP contribution < -0.4 is 15.1 Å². The van der Waals surface area contributed by atoms with Gasteiger partial charge >= 0.3 is 0 Å². The van der Waals surface area contributed by atoms with Gasteiger partial charge in [0.2, 0.25) is 11.8 Å². The third-order valence-electron chi connectivity index (χ3n) is 12.9. The van der Waals surface area contributed by atoms with Gasteiger partial charge in [0, 0.05) is 75.1 Å². The molecule has 4 fully saturated rings. The summed E-state index contributed by atoms with van der Waals surface area (Å²) in [5.74, 6) is -2.68. The molecular formula is C44H43F3N10O4. The normalized spacial score (nSPS) is 21.9. The molecule has 2 aromatic carbocycles. The van der Waals surface area contributed by atoms with Gasteiger partial charge in [0.15, 0.2) is 5.65 Å². The molecule has 314 valence electrons. The summed E-state index contributed by atoms with van der Waals surface area (Å²) in [7, 11) is 0.